The number of carbonyl (C=O) groups is 6. The van der Waals surface area contributed by atoms with Crippen molar-refractivity contribution in [3.8, 4) is 0 Å². The molecular formula is C21H33BrN3O8S-. The summed E-state index contributed by atoms with van der Waals surface area (Å²) >= 11 is 1.11. The number of nitrogens with zero attached hydrogens (tertiary/aromatic N) is 1. The fourth-order valence-corrected chi connectivity index (χ4v) is 4.32. The van der Waals surface area contributed by atoms with E-state index in [1.54, 1.807) is 20.8 Å². The molecular weight excluding hydrogens is 534 g/mol. The van der Waals surface area contributed by atoms with E-state index in [4.69, 9.17) is 15.2 Å². The molecule has 3 atom stereocenters. The SMILES string of the molecule is CCOC(=O)CCC(=O)[C@H](CSC1CC(=O)N(CC)C1=O)NC(=O)CC[C@H](N)C(=O)OCC.[Br-]. The van der Waals surface area contributed by atoms with E-state index in [9.17, 15) is 28.8 Å². The third kappa shape index (κ3) is 10.5. The third-order valence-electron chi connectivity index (χ3n) is 4.86. The zero-order valence-corrected chi connectivity index (χ0v) is 22.1. The average molecular weight is 567 g/mol. The van der Waals surface area contributed by atoms with Crippen molar-refractivity contribution in [3.05, 3.63) is 0 Å². The second kappa shape index (κ2) is 16.6. The number of imide groups is 1. The van der Waals surface area contributed by atoms with Crippen LogP contribution in [0.2, 0.25) is 0 Å². The van der Waals surface area contributed by atoms with E-state index in [1.807, 2.05) is 0 Å². The maximum absolute atomic E-state index is 12.7. The van der Waals surface area contributed by atoms with Gasteiger partial charge in [0.2, 0.25) is 17.7 Å². The summed E-state index contributed by atoms with van der Waals surface area (Å²) in [6, 6.07) is -1.94. The second-order valence-electron chi connectivity index (χ2n) is 7.29. The number of likely N-dealkylation sites (tertiary alicyclic amines) is 1. The van der Waals surface area contributed by atoms with E-state index >= 15 is 0 Å². The zero-order valence-electron chi connectivity index (χ0n) is 19.7. The van der Waals surface area contributed by atoms with Crippen LogP contribution in [0.25, 0.3) is 0 Å². The summed E-state index contributed by atoms with van der Waals surface area (Å²) in [5.41, 5.74) is 5.70. The van der Waals surface area contributed by atoms with Gasteiger partial charge in [-0.2, -0.15) is 0 Å². The Balaban J connectivity index is 0.0000109. The number of rotatable bonds is 15. The van der Waals surface area contributed by atoms with E-state index in [0.29, 0.717) is 0 Å². The van der Waals surface area contributed by atoms with Crippen LogP contribution in [0.4, 0.5) is 0 Å². The lowest BCUT2D eigenvalue weighted by Crippen LogP contribution is -3.00. The molecule has 3 N–H and O–H groups in total. The van der Waals surface area contributed by atoms with Gasteiger partial charge < -0.3 is 37.5 Å². The molecule has 0 spiro atoms. The summed E-state index contributed by atoms with van der Waals surface area (Å²) in [5.74, 6) is -2.60. The van der Waals surface area contributed by atoms with Crippen LogP contribution >= 0.6 is 11.8 Å². The first-order valence-corrected chi connectivity index (χ1v) is 12.0. The van der Waals surface area contributed by atoms with Gasteiger partial charge in [-0.25, -0.2) is 0 Å². The Morgan fingerprint density at radius 3 is 2.29 bits per heavy atom. The highest BCUT2D eigenvalue weighted by atomic mass is 79.9. The second-order valence-corrected chi connectivity index (χ2v) is 8.53. The van der Waals surface area contributed by atoms with E-state index in [2.05, 4.69) is 5.32 Å². The first-order valence-electron chi connectivity index (χ1n) is 11.0. The predicted octanol–water partition coefficient (Wildman–Crippen LogP) is -3.06. The molecule has 1 unspecified atom stereocenters. The van der Waals surface area contributed by atoms with Crippen molar-refractivity contribution in [3.63, 3.8) is 0 Å². The average Bonchev–Trinajstić information content (AvgIpc) is 3.05. The largest absolute Gasteiger partial charge is 1.00 e. The van der Waals surface area contributed by atoms with Crippen molar-refractivity contribution in [2.45, 2.75) is 70.2 Å². The van der Waals surface area contributed by atoms with Gasteiger partial charge in [-0.1, -0.05) is 0 Å². The molecule has 0 bridgehead atoms. The molecule has 11 nitrogen and oxygen atoms in total. The zero-order chi connectivity index (χ0) is 25.0. The number of hydrogen-bond donors (Lipinski definition) is 2. The predicted molar refractivity (Wildman–Crippen MR) is 120 cm³/mol. The fraction of sp³-hybridized carbons (Fsp3) is 0.714. The molecule has 0 aromatic carbocycles. The molecule has 0 saturated carbocycles. The van der Waals surface area contributed by atoms with Crippen LogP contribution < -0.4 is 28.0 Å². The number of amides is 3. The summed E-state index contributed by atoms with van der Waals surface area (Å²) < 4.78 is 9.62. The first-order chi connectivity index (χ1) is 15.6. The minimum Gasteiger partial charge on any atom is -1.00 e. The van der Waals surface area contributed by atoms with Gasteiger partial charge in [0, 0.05) is 31.6 Å². The monoisotopic (exact) mass is 566 g/mol. The highest BCUT2D eigenvalue weighted by molar-refractivity contribution is 8.00. The van der Waals surface area contributed by atoms with Gasteiger partial charge in [-0.3, -0.25) is 33.7 Å². The Labute approximate surface area is 214 Å². The van der Waals surface area contributed by atoms with Crippen LogP contribution in [0.1, 0.15) is 52.9 Å². The van der Waals surface area contributed by atoms with Gasteiger partial charge in [-0.15, -0.1) is 11.8 Å². The molecule has 1 heterocycles. The highest BCUT2D eigenvalue weighted by Gasteiger charge is 2.38. The summed E-state index contributed by atoms with van der Waals surface area (Å²) in [4.78, 5) is 73.7. The van der Waals surface area contributed by atoms with Crippen LogP contribution in [0.3, 0.4) is 0 Å². The summed E-state index contributed by atoms with van der Waals surface area (Å²) in [5, 5.41) is 1.96. The molecule has 0 aromatic heterocycles. The Kier molecular flexibility index (Phi) is 15.6. The number of carbonyl (C=O) groups excluding carboxylic acids is 6. The van der Waals surface area contributed by atoms with Crippen molar-refractivity contribution in [2.75, 3.05) is 25.5 Å². The summed E-state index contributed by atoms with van der Waals surface area (Å²) in [7, 11) is 0. The number of nitrogens with one attached hydrogen (secondary N) is 1. The fourth-order valence-electron chi connectivity index (χ4n) is 3.10. The quantitative estimate of drug-likeness (QED) is 0.154. The number of hydrogen-bond acceptors (Lipinski definition) is 10. The highest BCUT2D eigenvalue weighted by Crippen LogP contribution is 2.26. The molecule has 0 aromatic rings. The van der Waals surface area contributed by atoms with Crippen LogP contribution in [-0.4, -0.2) is 83.2 Å². The van der Waals surface area contributed by atoms with Crippen LogP contribution in [-0.2, 0) is 38.2 Å². The Hall–Kier alpha value is -1.99. The minimum absolute atomic E-state index is 0. The minimum atomic E-state index is -0.977. The number of Topliss-reactive ketones (excluding diaryl/α,β-unsaturated/α-hetero) is 1. The van der Waals surface area contributed by atoms with Crippen molar-refractivity contribution in [2.24, 2.45) is 5.73 Å². The number of ketones is 1. The Bertz CT molecular complexity index is 752. The van der Waals surface area contributed by atoms with Crippen molar-refractivity contribution < 1.29 is 55.2 Å². The molecule has 1 rings (SSSR count). The summed E-state index contributed by atoms with van der Waals surface area (Å²) in [6.45, 7) is 5.63. The van der Waals surface area contributed by atoms with Gasteiger partial charge in [0.05, 0.1) is 30.9 Å². The topological polar surface area (TPSA) is 162 Å². The molecule has 1 aliphatic rings. The van der Waals surface area contributed by atoms with E-state index in [0.717, 1.165) is 16.7 Å². The molecule has 3 amide bonds. The van der Waals surface area contributed by atoms with Crippen LogP contribution in [0, 0.1) is 0 Å². The molecule has 1 aliphatic heterocycles. The lowest BCUT2D eigenvalue weighted by molar-refractivity contribution is -0.145. The molecule has 13 heteroatoms. The molecule has 1 saturated heterocycles. The van der Waals surface area contributed by atoms with Crippen LogP contribution in [0.5, 0.6) is 0 Å². The number of halogens is 1. The van der Waals surface area contributed by atoms with Crippen molar-refractivity contribution >= 4 is 47.2 Å². The van der Waals surface area contributed by atoms with Gasteiger partial charge in [-0.05, 0) is 27.2 Å². The first kappa shape index (κ1) is 32.0. The van der Waals surface area contributed by atoms with Crippen LogP contribution in [0.15, 0.2) is 0 Å². The molecule has 1 fully saturated rings. The number of nitrogens with two attached hydrogens (primary N) is 1. The van der Waals surface area contributed by atoms with Crippen molar-refractivity contribution in [1.29, 1.82) is 0 Å². The molecule has 0 radical (unpaired) electrons. The molecule has 0 aliphatic carbocycles. The van der Waals surface area contributed by atoms with Gasteiger partial charge >= 0.3 is 11.9 Å². The van der Waals surface area contributed by atoms with E-state index < -0.39 is 41.0 Å². The van der Waals surface area contributed by atoms with Crippen molar-refractivity contribution in [1.82, 2.24) is 10.2 Å². The van der Waals surface area contributed by atoms with E-state index in [-0.39, 0.29) is 86.4 Å². The number of esters is 2. The Morgan fingerprint density at radius 2 is 1.74 bits per heavy atom. The Morgan fingerprint density at radius 1 is 1.09 bits per heavy atom. The maximum Gasteiger partial charge on any atom is 0.322 e. The smallest absolute Gasteiger partial charge is 0.322 e. The van der Waals surface area contributed by atoms with Gasteiger partial charge in [0.15, 0.2) is 5.78 Å². The third-order valence-corrected chi connectivity index (χ3v) is 6.16. The summed E-state index contributed by atoms with van der Waals surface area (Å²) in [6.07, 6.45) is -0.337. The van der Waals surface area contributed by atoms with E-state index in [1.165, 1.54) is 0 Å². The standard InChI is InChI=1S/C21H33N3O8S.BrH/c1-4-24-18(27)11-16(20(24)29)33-12-14(15(25)8-10-19(28)31-5-2)23-17(26)9-7-13(22)21(30)32-6-3;/h13-14,16H,4-12,22H2,1-3H3,(H,23,26);1H/p-1/t13-,14-,16?;/m0./s1. The molecule has 194 valence electrons. The van der Waals surface area contributed by atoms with Gasteiger partial charge in [0.25, 0.3) is 0 Å². The maximum atomic E-state index is 12.7. The lowest BCUT2D eigenvalue weighted by atomic mass is 10.1. The lowest BCUT2D eigenvalue weighted by Gasteiger charge is -2.19. The molecule has 34 heavy (non-hydrogen) atoms. The number of thioether (sulfide) groups is 1. The number of ether oxygens (including phenoxy) is 2. The normalized spacial score (nSPS) is 16.9. The van der Waals surface area contributed by atoms with Gasteiger partial charge in [0.1, 0.15) is 6.04 Å².